The summed E-state index contributed by atoms with van der Waals surface area (Å²) in [5.41, 5.74) is -1.22. The molecule has 2 rings (SSSR count). The quantitative estimate of drug-likeness (QED) is 0.423. The predicted octanol–water partition coefficient (Wildman–Crippen LogP) is -0.472. The molecule has 19 heavy (non-hydrogen) atoms. The van der Waals surface area contributed by atoms with Crippen LogP contribution in [0.1, 0.15) is 0 Å². The molecule has 0 aliphatic carbocycles. The van der Waals surface area contributed by atoms with Crippen molar-refractivity contribution in [1.29, 1.82) is 0 Å². The Labute approximate surface area is 106 Å². The van der Waals surface area contributed by atoms with Crippen LogP contribution in [-0.4, -0.2) is 23.6 Å². The molecule has 0 radical (unpaired) electrons. The summed E-state index contributed by atoms with van der Waals surface area (Å²) >= 11 is 0. The molecule has 0 aliphatic heterocycles. The minimum atomic E-state index is -0.707. The van der Waals surface area contributed by atoms with Crippen molar-refractivity contribution in [2.45, 2.75) is 6.54 Å². The zero-order chi connectivity index (χ0) is 14.3. The summed E-state index contributed by atoms with van der Waals surface area (Å²) in [5.74, 6) is -0.488. The Morgan fingerprint density at radius 2 is 2.00 bits per heavy atom. The Kier molecular flexibility index (Phi) is 2.81. The van der Waals surface area contributed by atoms with Crippen molar-refractivity contribution >= 4 is 17.1 Å². The third-order valence-corrected chi connectivity index (χ3v) is 2.81. The van der Waals surface area contributed by atoms with Crippen molar-refractivity contribution in [1.82, 2.24) is 18.7 Å². The second-order valence-corrected chi connectivity index (χ2v) is 3.95. The van der Waals surface area contributed by atoms with E-state index in [0.717, 1.165) is 13.7 Å². The van der Waals surface area contributed by atoms with Gasteiger partial charge in [-0.3, -0.25) is 13.9 Å². The van der Waals surface area contributed by atoms with Crippen LogP contribution in [-0.2, 0) is 20.6 Å². The van der Waals surface area contributed by atoms with Gasteiger partial charge in [-0.25, -0.2) is 9.36 Å². The molecule has 0 spiro atoms. The molecule has 0 fully saturated rings. The zero-order valence-electron chi connectivity index (χ0n) is 10.4. The number of aryl methyl sites for hydroxylation is 2. The second kappa shape index (κ2) is 4.19. The van der Waals surface area contributed by atoms with Crippen LogP contribution in [0.2, 0.25) is 0 Å². The number of rotatable bonds is 3. The van der Waals surface area contributed by atoms with E-state index in [1.54, 1.807) is 0 Å². The highest BCUT2D eigenvalue weighted by molar-refractivity contribution is 5.72. The number of hydrogen-bond acceptors (Lipinski definition) is 5. The number of imidazole rings is 1. The molecule has 2 aromatic heterocycles. The Bertz CT molecular complexity index is 810. The molecule has 2 heterocycles. The average Bonchev–Trinajstić information content (AvgIpc) is 2.70. The standard InChI is InChI=1S/C10H11N5O4/c1-4-5-14-8(16)6-7(13(3)10(14)17)11-9(12(6)2)15(18)19/h4H,1,5H2,2-3H3. The summed E-state index contributed by atoms with van der Waals surface area (Å²) in [6.07, 6.45) is 1.40. The maximum Gasteiger partial charge on any atom is 0.437 e. The lowest BCUT2D eigenvalue weighted by atomic mass is 10.5. The van der Waals surface area contributed by atoms with E-state index >= 15 is 0 Å². The van der Waals surface area contributed by atoms with Gasteiger partial charge in [0.2, 0.25) is 5.52 Å². The minimum absolute atomic E-state index is 0.00971. The van der Waals surface area contributed by atoms with Crippen LogP contribution in [0.25, 0.3) is 11.2 Å². The van der Waals surface area contributed by atoms with Crippen molar-refractivity contribution in [2.75, 3.05) is 0 Å². The minimum Gasteiger partial charge on any atom is -0.390 e. The molecule has 100 valence electrons. The van der Waals surface area contributed by atoms with Crippen molar-refractivity contribution in [2.24, 2.45) is 14.1 Å². The summed E-state index contributed by atoms with van der Waals surface area (Å²) in [4.78, 5) is 37.9. The van der Waals surface area contributed by atoms with E-state index in [4.69, 9.17) is 0 Å². The van der Waals surface area contributed by atoms with E-state index < -0.39 is 22.1 Å². The monoisotopic (exact) mass is 265 g/mol. The van der Waals surface area contributed by atoms with Crippen molar-refractivity contribution in [3.05, 3.63) is 43.6 Å². The van der Waals surface area contributed by atoms with Crippen LogP contribution >= 0.6 is 0 Å². The summed E-state index contributed by atoms with van der Waals surface area (Å²) < 4.78 is 3.12. The number of hydrogen-bond donors (Lipinski definition) is 0. The molecule has 0 saturated heterocycles. The van der Waals surface area contributed by atoms with Gasteiger partial charge in [0, 0.05) is 13.6 Å². The maximum absolute atomic E-state index is 12.2. The van der Waals surface area contributed by atoms with E-state index in [0.29, 0.717) is 0 Å². The summed E-state index contributed by atoms with van der Waals surface area (Å²) in [6.45, 7) is 3.49. The molecular formula is C10H11N5O4. The molecule has 9 heteroatoms. The fourth-order valence-electron chi connectivity index (χ4n) is 1.89. The summed E-state index contributed by atoms with van der Waals surface area (Å²) in [7, 11) is 2.76. The smallest absolute Gasteiger partial charge is 0.390 e. The molecule has 0 atom stereocenters. The van der Waals surface area contributed by atoms with Gasteiger partial charge in [0.1, 0.15) is 0 Å². The van der Waals surface area contributed by atoms with E-state index in [9.17, 15) is 19.7 Å². The second-order valence-electron chi connectivity index (χ2n) is 3.95. The van der Waals surface area contributed by atoms with Crippen LogP contribution in [0.15, 0.2) is 22.2 Å². The molecule has 0 unspecified atom stereocenters. The topological polar surface area (TPSA) is 105 Å². The largest absolute Gasteiger partial charge is 0.437 e. The van der Waals surface area contributed by atoms with Gasteiger partial charge in [-0.1, -0.05) is 6.08 Å². The molecule has 0 bridgehead atoms. The van der Waals surface area contributed by atoms with Gasteiger partial charge in [0.15, 0.2) is 0 Å². The Hall–Kier alpha value is -2.71. The van der Waals surface area contributed by atoms with Gasteiger partial charge in [0.25, 0.3) is 11.2 Å². The first kappa shape index (κ1) is 12.7. The van der Waals surface area contributed by atoms with Crippen LogP contribution in [0.5, 0.6) is 0 Å². The average molecular weight is 265 g/mol. The molecule has 0 N–H and O–H groups in total. The lowest BCUT2D eigenvalue weighted by Gasteiger charge is -2.03. The molecule has 0 aromatic carbocycles. The molecular weight excluding hydrogens is 254 g/mol. The van der Waals surface area contributed by atoms with Gasteiger partial charge >= 0.3 is 11.6 Å². The highest BCUT2D eigenvalue weighted by atomic mass is 16.6. The molecule has 9 nitrogen and oxygen atoms in total. The Morgan fingerprint density at radius 3 is 2.53 bits per heavy atom. The number of nitrogens with zero attached hydrogens (tertiary/aromatic N) is 5. The van der Waals surface area contributed by atoms with Gasteiger partial charge in [-0.05, 0) is 9.91 Å². The van der Waals surface area contributed by atoms with Crippen LogP contribution in [0.4, 0.5) is 5.95 Å². The van der Waals surface area contributed by atoms with E-state index in [1.807, 2.05) is 0 Å². The molecule has 0 amide bonds. The summed E-state index contributed by atoms with van der Waals surface area (Å²) in [5, 5.41) is 10.8. The highest BCUT2D eigenvalue weighted by Gasteiger charge is 2.25. The fourth-order valence-corrected chi connectivity index (χ4v) is 1.89. The zero-order valence-corrected chi connectivity index (χ0v) is 10.4. The predicted molar refractivity (Wildman–Crippen MR) is 67.1 cm³/mol. The number of nitro groups is 1. The SMILES string of the molecule is C=CCn1c(=O)c2c(nc([N+](=O)[O-])n2C)n(C)c1=O. The van der Waals surface area contributed by atoms with E-state index in [1.165, 1.54) is 20.2 Å². The van der Waals surface area contributed by atoms with E-state index in [2.05, 4.69) is 11.6 Å². The highest BCUT2D eigenvalue weighted by Crippen LogP contribution is 2.14. The number of allylic oxidation sites excluding steroid dienone is 1. The Morgan fingerprint density at radius 1 is 1.37 bits per heavy atom. The van der Waals surface area contributed by atoms with Crippen molar-refractivity contribution in [3.8, 4) is 0 Å². The molecule has 0 aliphatic rings. The first-order valence-corrected chi connectivity index (χ1v) is 5.31. The summed E-state index contributed by atoms with van der Waals surface area (Å²) in [6, 6.07) is 0. The first-order valence-electron chi connectivity index (χ1n) is 5.31. The molecule has 2 aromatic rings. The van der Waals surface area contributed by atoms with Crippen LogP contribution in [0, 0.1) is 10.1 Å². The van der Waals surface area contributed by atoms with Gasteiger partial charge in [-0.2, -0.15) is 0 Å². The fraction of sp³-hybridized carbons (Fsp3) is 0.300. The van der Waals surface area contributed by atoms with Gasteiger partial charge in [-0.15, -0.1) is 6.58 Å². The van der Waals surface area contributed by atoms with Crippen molar-refractivity contribution < 1.29 is 4.92 Å². The number of fused-ring (bicyclic) bond motifs is 1. The maximum atomic E-state index is 12.2. The lowest BCUT2D eigenvalue weighted by molar-refractivity contribution is -0.396. The van der Waals surface area contributed by atoms with E-state index in [-0.39, 0.29) is 17.7 Å². The first-order chi connectivity index (χ1) is 8.90. The lowest BCUT2D eigenvalue weighted by Crippen LogP contribution is -2.39. The van der Waals surface area contributed by atoms with Crippen LogP contribution in [0.3, 0.4) is 0 Å². The Balaban J connectivity index is 3.04. The van der Waals surface area contributed by atoms with Gasteiger partial charge in [0.05, 0.1) is 7.05 Å². The third-order valence-electron chi connectivity index (χ3n) is 2.81. The normalized spacial score (nSPS) is 10.8. The third kappa shape index (κ3) is 1.66. The molecule has 0 saturated carbocycles. The number of aromatic nitrogens is 4. The van der Waals surface area contributed by atoms with Gasteiger partial charge < -0.3 is 10.1 Å². The van der Waals surface area contributed by atoms with Crippen molar-refractivity contribution in [3.63, 3.8) is 0 Å². The van der Waals surface area contributed by atoms with Crippen LogP contribution < -0.4 is 11.2 Å².